The number of hydrogen-bond donors (Lipinski definition) is 5. The van der Waals surface area contributed by atoms with Crippen LogP contribution in [0.2, 0.25) is 0 Å². The molecule has 0 amide bonds. The lowest BCUT2D eigenvalue weighted by Gasteiger charge is -2.17. The van der Waals surface area contributed by atoms with Crippen molar-refractivity contribution in [2.45, 2.75) is 24.5 Å². The Kier molecular flexibility index (Phi) is 2.98. The predicted octanol–water partition coefficient (Wildman–Crippen LogP) is -2.36. The van der Waals surface area contributed by atoms with Crippen LogP contribution in [-0.2, 0) is 4.74 Å². The van der Waals surface area contributed by atoms with E-state index in [-0.39, 0.29) is 5.49 Å². The van der Waals surface area contributed by atoms with Gasteiger partial charge in [-0.3, -0.25) is 5.41 Å². The summed E-state index contributed by atoms with van der Waals surface area (Å²) in [4.78, 5) is 4.10. The number of fused-ring (bicyclic) bond motifs is 1. The van der Waals surface area contributed by atoms with E-state index >= 15 is 0 Å². The first-order chi connectivity index (χ1) is 9.54. The van der Waals surface area contributed by atoms with Gasteiger partial charge in [-0.1, -0.05) is 0 Å². The van der Waals surface area contributed by atoms with E-state index in [2.05, 4.69) is 4.98 Å². The van der Waals surface area contributed by atoms with Crippen molar-refractivity contribution in [3.05, 3.63) is 24.1 Å². The third kappa shape index (κ3) is 1.72. The Morgan fingerprint density at radius 1 is 1.40 bits per heavy atom. The average molecular weight is 281 g/mol. The minimum absolute atomic E-state index is 0.0699. The number of nitrogen functional groups attached to an aromatic ring is 1. The molecule has 2 aromatic heterocycles. The van der Waals surface area contributed by atoms with E-state index in [1.807, 2.05) is 0 Å². The molecule has 3 rings (SSSR count). The van der Waals surface area contributed by atoms with Gasteiger partial charge in [-0.25, -0.2) is 9.66 Å². The molecule has 3 heterocycles. The maximum absolute atomic E-state index is 10.0. The molecule has 0 aliphatic carbocycles. The van der Waals surface area contributed by atoms with Gasteiger partial charge >= 0.3 is 0 Å². The molecule has 6 N–H and O–H groups in total. The van der Waals surface area contributed by atoms with Gasteiger partial charge in [0.2, 0.25) is 0 Å². The normalized spacial score (nSPS) is 30.1. The first-order valence-electron chi connectivity index (χ1n) is 6.05. The molecule has 0 spiro atoms. The van der Waals surface area contributed by atoms with Crippen LogP contribution in [0.1, 0.15) is 6.23 Å². The minimum atomic E-state index is -1.19. The summed E-state index contributed by atoms with van der Waals surface area (Å²) in [6, 6.07) is 1.63. The van der Waals surface area contributed by atoms with Gasteiger partial charge in [0.25, 0.3) is 0 Å². The van der Waals surface area contributed by atoms with Crippen LogP contribution in [0.15, 0.2) is 18.6 Å². The molecule has 0 radical (unpaired) electrons. The Morgan fingerprint density at radius 3 is 2.80 bits per heavy atom. The first-order valence-corrected chi connectivity index (χ1v) is 6.05. The van der Waals surface area contributed by atoms with Gasteiger partial charge < -0.3 is 30.5 Å². The molecule has 108 valence electrons. The lowest BCUT2D eigenvalue weighted by Crippen LogP contribution is -2.33. The maximum Gasteiger partial charge on any atom is 0.164 e. The summed E-state index contributed by atoms with van der Waals surface area (Å²) in [5, 5.41) is 37.2. The second kappa shape index (κ2) is 4.56. The number of nitrogens with zero attached hydrogens (tertiary/aromatic N) is 3. The van der Waals surface area contributed by atoms with Crippen molar-refractivity contribution in [2.24, 2.45) is 0 Å². The molecule has 4 atom stereocenters. The Balaban J connectivity index is 2.08. The molecular formula is C11H15N5O4. The highest BCUT2D eigenvalue weighted by Crippen LogP contribution is 2.31. The smallest absolute Gasteiger partial charge is 0.164 e. The van der Waals surface area contributed by atoms with Crippen LogP contribution in [0.5, 0.6) is 0 Å². The van der Waals surface area contributed by atoms with Crippen LogP contribution in [0.4, 0.5) is 0 Å². The molecule has 1 aliphatic rings. The Hall–Kier alpha value is -1.94. The number of aromatic nitrogens is 3. The summed E-state index contributed by atoms with van der Waals surface area (Å²) in [6.45, 7) is -0.395. The highest BCUT2D eigenvalue weighted by Gasteiger charge is 2.43. The van der Waals surface area contributed by atoms with Gasteiger partial charge in [0.05, 0.1) is 12.0 Å². The van der Waals surface area contributed by atoms with Crippen LogP contribution in [0, 0.1) is 5.41 Å². The van der Waals surface area contributed by atoms with Crippen molar-refractivity contribution in [3.63, 3.8) is 0 Å². The van der Waals surface area contributed by atoms with E-state index in [0.29, 0.717) is 11.0 Å². The number of nitrogens with two attached hydrogens (primary N) is 1. The number of rotatable bonds is 2. The molecule has 1 aliphatic heterocycles. The first kappa shape index (κ1) is 13.1. The lowest BCUT2D eigenvalue weighted by molar-refractivity contribution is -0.0508. The second-order valence-corrected chi connectivity index (χ2v) is 4.69. The monoisotopic (exact) mass is 281 g/mol. The largest absolute Gasteiger partial charge is 0.394 e. The van der Waals surface area contributed by atoms with Crippen LogP contribution in [0.3, 0.4) is 0 Å². The van der Waals surface area contributed by atoms with Gasteiger partial charge in [0, 0.05) is 6.20 Å². The fourth-order valence-corrected chi connectivity index (χ4v) is 2.39. The molecule has 1 fully saturated rings. The molecule has 0 saturated carbocycles. The summed E-state index contributed by atoms with van der Waals surface area (Å²) in [6.07, 6.45) is -1.23. The Bertz CT molecular complexity index is 696. The number of nitrogens with one attached hydrogen (secondary N) is 1. The van der Waals surface area contributed by atoms with E-state index < -0.39 is 31.1 Å². The zero-order valence-corrected chi connectivity index (χ0v) is 10.4. The van der Waals surface area contributed by atoms with Crippen LogP contribution in [0.25, 0.3) is 11.0 Å². The third-order valence-corrected chi connectivity index (χ3v) is 3.50. The van der Waals surface area contributed by atoms with Crippen LogP contribution in [-0.4, -0.2) is 54.5 Å². The third-order valence-electron chi connectivity index (χ3n) is 3.50. The summed E-state index contributed by atoms with van der Waals surface area (Å²) < 4.78 is 8.02. The average Bonchev–Trinajstić information content (AvgIpc) is 2.98. The summed E-state index contributed by atoms with van der Waals surface area (Å²) in [5.41, 5.74) is 0.479. The predicted molar refractivity (Wildman–Crippen MR) is 66.7 cm³/mol. The van der Waals surface area contributed by atoms with E-state index in [4.69, 9.17) is 21.1 Å². The van der Waals surface area contributed by atoms with E-state index in [9.17, 15) is 10.2 Å². The number of hydrogen-bond acceptors (Lipinski definition) is 7. The quantitative estimate of drug-likeness (QED) is 0.390. The zero-order valence-electron chi connectivity index (χ0n) is 10.4. The van der Waals surface area contributed by atoms with Crippen molar-refractivity contribution in [1.29, 1.82) is 5.41 Å². The van der Waals surface area contributed by atoms with Gasteiger partial charge in [0.15, 0.2) is 11.7 Å². The van der Waals surface area contributed by atoms with Gasteiger partial charge in [-0.05, 0) is 6.07 Å². The summed E-state index contributed by atoms with van der Waals surface area (Å²) in [5.74, 6) is 5.55. The Labute approximate surface area is 112 Å². The number of aliphatic hydroxyl groups is 3. The highest BCUT2D eigenvalue weighted by molar-refractivity contribution is 5.74. The molecular weight excluding hydrogens is 266 g/mol. The summed E-state index contributed by atoms with van der Waals surface area (Å²) >= 11 is 0. The van der Waals surface area contributed by atoms with Gasteiger partial charge in [-0.15, -0.1) is 0 Å². The van der Waals surface area contributed by atoms with Crippen molar-refractivity contribution in [1.82, 2.24) is 14.2 Å². The van der Waals surface area contributed by atoms with Crippen LogP contribution >= 0.6 is 0 Å². The van der Waals surface area contributed by atoms with Gasteiger partial charge in [-0.2, -0.15) is 0 Å². The van der Waals surface area contributed by atoms with Gasteiger partial charge in [0.1, 0.15) is 30.3 Å². The van der Waals surface area contributed by atoms with Crippen molar-refractivity contribution in [2.75, 3.05) is 12.4 Å². The fraction of sp³-hybridized carbons (Fsp3) is 0.455. The molecule has 20 heavy (non-hydrogen) atoms. The fourth-order valence-electron chi connectivity index (χ4n) is 2.39. The van der Waals surface area contributed by atoms with Crippen LogP contribution < -0.4 is 11.3 Å². The molecule has 9 nitrogen and oxygen atoms in total. The van der Waals surface area contributed by atoms with E-state index in [1.165, 1.54) is 10.9 Å². The summed E-state index contributed by atoms with van der Waals surface area (Å²) in [7, 11) is 0. The molecule has 1 unspecified atom stereocenters. The Morgan fingerprint density at radius 2 is 2.15 bits per heavy atom. The number of aliphatic hydroxyl groups excluding tert-OH is 3. The SMILES string of the molecule is N=c1c2ccn(C3O[C@H](CO)[C@@H](O)[C@H]3O)c2ncn1N. The van der Waals surface area contributed by atoms with Crippen molar-refractivity contribution >= 4 is 11.0 Å². The molecule has 0 bridgehead atoms. The standard InChI is InChI=1S/C11H15N5O4/c12-9-5-1-2-15(10(5)14-4-16(9)13)11-8(19)7(18)6(3-17)20-11/h1-2,4,6-8,11-12,17-19H,3,13H2/t6-,7-,8-,11?/m1/s1. The molecule has 1 saturated heterocycles. The molecule has 9 heteroatoms. The van der Waals surface area contributed by atoms with Crippen molar-refractivity contribution in [3.8, 4) is 0 Å². The lowest BCUT2D eigenvalue weighted by atomic mass is 10.1. The zero-order chi connectivity index (χ0) is 14.4. The highest BCUT2D eigenvalue weighted by atomic mass is 16.6. The molecule has 2 aromatic rings. The minimum Gasteiger partial charge on any atom is -0.394 e. The van der Waals surface area contributed by atoms with E-state index in [1.54, 1.807) is 12.3 Å². The van der Waals surface area contributed by atoms with Crippen molar-refractivity contribution < 1.29 is 20.1 Å². The molecule has 0 aromatic carbocycles. The number of ether oxygens (including phenoxy) is 1. The maximum atomic E-state index is 10.0. The second-order valence-electron chi connectivity index (χ2n) is 4.69. The van der Waals surface area contributed by atoms with E-state index in [0.717, 1.165) is 4.68 Å². The topological polar surface area (TPSA) is 143 Å².